The van der Waals surface area contributed by atoms with E-state index in [0.29, 0.717) is 41.2 Å². The van der Waals surface area contributed by atoms with Crippen LogP contribution in [0.1, 0.15) is 55.7 Å². The summed E-state index contributed by atoms with van der Waals surface area (Å²) in [4.78, 5) is 16.7. The number of hydrogen-bond acceptors (Lipinski definition) is 4. The predicted octanol–water partition coefficient (Wildman–Crippen LogP) is 7.01. The first-order valence-corrected chi connectivity index (χ1v) is 11.7. The van der Waals surface area contributed by atoms with Crippen LogP contribution in [0, 0.1) is 6.92 Å². The normalized spacial score (nSPS) is 14.6. The molecular weight excluding hydrogens is 471 g/mol. The van der Waals surface area contributed by atoms with E-state index in [2.05, 4.69) is 4.98 Å². The van der Waals surface area contributed by atoms with Gasteiger partial charge in [-0.2, -0.15) is 13.2 Å². The zero-order valence-electron chi connectivity index (χ0n) is 20.6. The van der Waals surface area contributed by atoms with Gasteiger partial charge in [-0.15, -0.1) is 0 Å². The number of fused-ring (bicyclic) bond motifs is 1. The topological polar surface area (TPSA) is 68.7 Å². The maximum absolute atomic E-state index is 14.4. The van der Waals surface area contributed by atoms with Crippen LogP contribution in [-0.2, 0) is 22.1 Å². The second-order valence-corrected chi connectivity index (χ2v) is 9.86. The number of hydrogen-bond donors (Lipinski definition) is 1. The van der Waals surface area contributed by atoms with E-state index < -0.39 is 35.0 Å². The Morgan fingerprint density at radius 3 is 2.47 bits per heavy atom. The van der Waals surface area contributed by atoms with E-state index in [1.54, 1.807) is 64.2 Å². The minimum atomic E-state index is -4.80. The molecule has 2 aromatic carbocycles. The van der Waals surface area contributed by atoms with Gasteiger partial charge in [-0.1, -0.05) is 12.1 Å². The van der Waals surface area contributed by atoms with Gasteiger partial charge in [-0.3, -0.25) is 4.98 Å². The number of rotatable bonds is 5. The van der Waals surface area contributed by atoms with Crippen LogP contribution in [0.15, 0.2) is 48.7 Å². The van der Waals surface area contributed by atoms with Crippen LogP contribution < -0.4 is 4.74 Å². The summed E-state index contributed by atoms with van der Waals surface area (Å²) in [5, 5.41) is 10.1. The first-order valence-electron chi connectivity index (χ1n) is 11.7. The summed E-state index contributed by atoms with van der Waals surface area (Å²) in [5.41, 5.74) is 0.781. The standard InChI is InChI=1S/C28H28F3NO4/c1-16-14-17(11-12-32-16)20-8-9-21(28(29,30)31)24(25(26(33)34)36-27(2,3)4)23(20)19-7-10-22-18(15-19)6-5-13-35-22/h7-12,14-15,25H,5-6,13H2,1-4H3,(H,33,34). The third-order valence-corrected chi connectivity index (χ3v) is 5.91. The van der Waals surface area contributed by atoms with Gasteiger partial charge in [-0.05, 0) is 98.7 Å². The van der Waals surface area contributed by atoms with Crippen molar-refractivity contribution in [2.45, 2.75) is 58.4 Å². The highest BCUT2D eigenvalue weighted by Crippen LogP contribution is 2.47. The molecular formula is C28H28F3NO4. The second-order valence-electron chi connectivity index (χ2n) is 9.86. The molecule has 0 amide bonds. The van der Waals surface area contributed by atoms with Gasteiger partial charge in [0.1, 0.15) is 5.75 Å². The minimum Gasteiger partial charge on any atom is -0.493 e. The van der Waals surface area contributed by atoms with Gasteiger partial charge < -0.3 is 14.6 Å². The molecule has 4 rings (SSSR count). The molecule has 0 radical (unpaired) electrons. The van der Waals surface area contributed by atoms with Crippen LogP contribution >= 0.6 is 0 Å². The van der Waals surface area contributed by atoms with E-state index in [0.717, 1.165) is 18.1 Å². The zero-order chi connectivity index (χ0) is 26.3. The van der Waals surface area contributed by atoms with Crippen molar-refractivity contribution in [2.75, 3.05) is 6.61 Å². The monoisotopic (exact) mass is 499 g/mol. The fraction of sp³-hybridized carbons (Fsp3) is 0.357. The Labute approximate surface area is 207 Å². The number of carboxylic acid groups (broad SMARTS) is 1. The van der Waals surface area contributed by atoms with E-state index in [1.165, 1.54) is 6.07 Å². The van der Waals surface area contributed by atoms with Crippen LogP contribution in [0.5, 0.6) is 5.75 Å². The number of benzene rings is 2. The lowest BCUT2D eigenvalue weighted by molar-refractivity contribution is -0.163. The molecule has 190 valence electrons. The summed E-state index contributed by atoms with van der Waals surface area (Å²) in [6.45, 7) is 7.20. The Morgan fingerprint density at radius 1 is 1.08 bits per heavy atom. The number of halogens is 3. The maximum atomic E-state index is 14.4. The lowest BCUT2D eigenvalue weighted by Crippen LogP contribution is -2.29. The van der Waals surface area contributed by atoms with Crippen molar-refractivity contribution in [3.05, 3.63) is 71.0 Å². The molecule has 8 heteroatoms. The second kappa shape index (κ2) is 9.58. The van der Waals surface area contributed by atoms with E-state index in [9.17, 15) is 23.1 Å². The SMILES string of the molecule is Cc1cc(-c2ccc(C(F)(F)F)c(C(OC(C)(C)C)C(=O)O)c2-c2ccc3c(c2)CCCO3)ccn1. The fourth-order valence-corrected chi connectivity index (χ4v) is 4.51. The molecule has 1 aromatic heterocycles. The van der Waals surface area contributed by atoms with Gasteiger partial charge in [0.2, 0.25) is 0 Å². The van der Waals surface area contributed by atoms with Crippen molar-refractivity contribution in [3.63, 3.8) is 0 Å². The number of aliphatic carboxylic acids is 1. The van der Waals surface area contributed by atoms with E-state index >= 15 is 0 Å². The Kier molecular flexibility index (Phi) is 6.84. The highest BCUT2D eigenvalue weighted by Gasteiger charge is 2.41. The van der Waals surface area contributed by atoms with Gasteiger partial charge in [0, 0.05) is 17.5 Å². The van der Waals surface area contributed by atoms with E-state index in [1.807, 2.05) is 0 Å². The van der Waals surface area contributed by atoms with Crippen molar-refractivity contribution < 1.29 is 32.5 Å². The molecule has 5 nitrogen and oxygen atoms in total. The smallest absolute Gasteiger partial charge is 0.416 e. The zero-order valence-corrected chi connectivity index (χ0v) is 20.6. The number of alkyl halides is 3. The summed E-state index contributed by atoms with van der Waals surface area (Å²) in [6.07, 6.45) is -3.59. The third-order valence-electron chi connectivity index (χ3n) is 5.91. The Morgan fingerprint density at radius 2 is 1.83 bits per heavy atom. The fourth-order valence-electron chi connectivity index (χ4n) is 4.51. The van der Waals surface area contributed by atoms with Crippen molar-refractivity contribution in [1.29, 1.82) is 0 Å². The van der Waals surface area contributed by atoms with Gasteiger partial charge in [0.25, 0.3) is 0 Å². The van der Waals surface area contributed by atoms with Crippen molar-refractivity contribution in [2.24, 2.45) is 0 Å². The van der Waals surface area contributed by atoms with Crippen LogP contribution in [0.4, 0.5) is 13.2 Å². The van der Waals surface area contributed by atoms with Crippen molar-refractivity contribution in [3.8, 4) is 28.0 Å². The molecule has 0 aliphatic carbocycles. The molecule has 2 heterocycles. The number of nitrogens with zero attached hydrogens (tertiary/aromatic N) is 1. The first kappa shape index (κ1) is 25.7. The minimum absolute atomic E-state index is 0.167. The van der Waals surface area contributed by atoms with Gasteiger partial charge >= 0.3 is 12.1 Å². The van der Waals surface area contributed by atoms with E-state index in [-0.39, 0.29) is 5.56 Å². The third kappa shape index (κ3) is 5.38. The molecule has 0 saturated carbocycles. The summed E-state index contributed by atoms with van der Waals surface area (Å²) in [5.74, 6) is -0.818. The summed E-state index contributed by atoms with van der Waals surface area (Å²) >= 11 is 0. The summed E-state index contributed by atoms with van der Waals surface area (Å²) < 4.78 is 54.7. The number of carboxylic acids is 1. The molecule has 0 fully saturated rings. The highest BCUT2D eigenvalue weighted by atomic mass is 19.4. The maximum Gasteiger partial charge on any atom is 0.416 e. The average Bonchev–Trinajstić information content (AvgIpc) is 2.80. The summed E-state index contributed by atoms with van der Waals surface area (Å²) in [7, 11) is 0. The highest BCUT2D eigenvalue weighted by molar-refractivity contribution is 5.91. The number of aromatic nitrogens is 1. The van der Waals surface area contributed by atoms with Crippen LogP contribution in [-0.4, -0.2) is 28.3 Å². The average molecular weight is 500 g/mol. The lowest BCUT2D eigenvalue weighted by Gasteiger charge is -2.30. The molecule has 1 aliphatic rings. The molecule has 1 atom stereocenters. The number of aryl methyl sites for hydroxylation is 2. The molecule has 1 N–H and O–H groups in total. The largest absolute Gasteiger partial charge is 0.493 e. The van der Waals surface area contributed by atoms with Gasteiger partial charge in [0.05, 0.1) is 17.8 Å². The number of pyridine rings is 1. The molecule has 0 spiro atoms. The predicted molar refractivity (Wildman–Crippen MR) is 130 cm³/mol. The van der Waals surface area contributed by atoms with Crippen LogP contribution in [0.25, 0.3) is 22.3 Å². The quantitative estimate of drug-likeness (QED) is 0.409. The first-order chi connectivity index (χ1) is 16.8. The lowest BCUT2D eigenvalue weighted by atomic mass is 9.84. The number of carbonyl (C=O) groups is 1. The Hall–Kier alpha value is -3.39. The van der Waals surface area contributed by atoms with E-state index in [4.69, 9.17) is 9.47 Å². The molecule has 3 aromatic rings. The summed E-state index contributed by atoms with van der Waals surface area (Å²) in [6, 6.07) is 11.0. The number of ether oxygens (including phenoxy) is 2. The van der Waals surface area contributed by atoms with Crippen molar-refractivity contribution in [1.82, 2.24) is 4.98 Å². The van der Waals surface area contributed by atoms with Crippen LogP contribution in [0.2, 0.25) is 0 Å². The Balaban J connectivity index is 2.11. The molecule has 0 bridgehead atoms. The molecule has 36 heavy (non-hydrogen) atoms. The van der Waals surface area contributed by atoms with Crippen LogP contribution in [0.3, 0.4) is 0 Å². The molecule has 1 aliphatic heterocycles. The van der Waals surface area contributed by atoms with Gasteiger partial charge in [-0.25, -0.2) is 4.79 Å². The molecule has 0 saturated heterocycles. The van der Waals surface area contributed by atoms with Gasteiger partial charge in [0.15, 0.2) is 6.10 Å². The van der Waals surface area contributed by atoms with Crippen molar-refractivity contribution >= 4 is 5.97 Å². The Bertz CT molecular complexity index is 1290. The molecule has 1 unspecified atom stereocenters.